The number of hydrogen-bond donors (Lipinski definition) is 4. The minimum atomic E-state index is -1.86. The molecular weight excluding hydrogens is 364 g/mol. The van der Waals surface area contributed by atoms with Crippen LogP contribution in [-0.2, 0) is 25.6 Å². The zero-order chi connectivity index (χ0) is 20.7. The van der Waals surface area contributed by atoms with Crippen LogP contribution in [0.2, 0.25) is 0 Å². The number of aromatic amines is 1. The maximum atomic E-state index is 13.5. The molecule has 0 bridgehead atoms. The smallest absolute Gasteiger partial charge is 0.251 e. The Balaban J connectivity index is 1.96. The number of likely N-dealkylation sites (tertiary alicyclic amines) is 1. The van der Waals surface area contributed by atoms with E-state index >= 15 is 0 Å². The highest BCUT2D eigenvalue weighted by Gasteiger charge is 2.66. The van der Waals surface area contributed by atoms with Crippen LogP contribution in [0.5, 0.6) is 0 Å². The number of Topliss-reactive ketones (excluding diaryl/α,β-unsaturated/α-hetero) is 1. The van der Waals surface area contributed by atoms with Gasteiger partial charge >= 0.3 is 0 Å². The summed E-state index contributed by atoms with van der Waals surface area (Å²) in [4.78, 5) is 59.0. The fourth-order valence-corrected chi connectivity index (χ4v) is 4.42. The largest absolute Gasteiger partial charge is 0.367 e. The molecule has 1 aromatic rings. The van der Waals surface area contributed by atoms with Crippen LogP contribution in [0.1, 0.15) is 38.8 Å². The summed E-state index contributed by atoms with van der Waals surface area (Å²) in [5, 5.41) is 2.59. The molecule has 3 amide bonds. The summed E-state index contributed by atoms with van der Waals surface area (Å²) in [6, 6.07) is -1.82. The number of carbonyl (C=O) groups excluding carboxylic acids is 4. The normalized spacial score (nSPS) is 27.5. The first kappa shape index (κ1) is 20.0. The van der Waals surface area contributed by atoms with E-state index in [4.69, 9.17) is 11.5 Å². The molecule has 0 saturated carbocycles. The van der Waals surface area contributed by atoms with Gasteiger partial charge in [-0.25, -0.2) is 4.98 Å². The summed E-state index contributed by atoms with van der Waals surface area (Å²) in [5.74, 6) is -2.24. The second-order valence-electron chi connectivity index (χ2n) is 8.11. The highest BCUT2D eigenvalue weighted by atomic mass is 16.2. The van der Waals surface area contributed by atoms with Crippen molar-refractivity contribution < 1.29 is 19.2 Å². The predicted molar refractivity (Wildman–Crippen MR) is 98.5 cm³/mol. The van der Waals surface area contributed by atoms with Crippen LogP contribution in [-0.4, -0.2) is 62.5 Å². The van der Waals surface area contributed by atoms with E-state index in [0.29, 0.717) is 12.1 Å². The molecule has 6 N–H and O–H groups in total. The number of ketones is 1. The van der Waals surface area contributed by atoms with Crippen molar-refractivity contribution in [3.05, 3.63) is 18.2 Å². The van der Waals surface area contributed by atoms with Crippen LogP contribution in [0.15, 0.2) is 12.5 Å². The van der Waals surface area contributed by atoms with E-state index in [9.17, 15) is 19.2 Å². The van der Waals surface area contributed by atoms with E-state index in [0.717, 1.165) is 0 Å². The number of imidazole rings is 1. The van der Waals surface area contributed by atoms with Crippen molar-refractivity contribution in [2.45, 2.75) is 57.2 Å². The number of nitrogens with one attached hydrogen (secondary N) is 2. The Labute approximate surface area is 162 Å². The van der Waals surface area contributed by atoms with Crippen LogP contribution < -0.4 is 16.8 Å². The average molecular weight is 390 g/mol. The molecular formula is C18H26N6O4. The van der Waals surface area contributed by atoms with Gasteiger partial charge in [0.15, 0.2) is 11.3 Å². The highest BCUT2D eigenvalue weighted by Crippen LogP contribution is 2.47. The van der Waals surface area contributed by atoms with Gasteiger partial charge in [0.1, 0.15) is 0 Å². The van der Waals surface area contributed by atoms with Crippen molar-refractivity contribution >= 4 is 23.5 Å². The first-order valence-corrected chi connectivity index (χ1v) is 9.29. The summed E-state index contributed by atoms with van der Waals surface area (Å²) in [5.41, 5.74) is 9.76. The Hall–Kier alpha value is -2.75. The van der Waals surface area contributed by atoms with Gasteiger partial charge in [0, 0.05) is 36.7 Å². The minimum Gasteiger partial charge on any atom is -0.367 e. The van der Waals surface area contributed by atoms with Gasteiger partial charge in [-0.3, -0.25) is 19.2 Å². The molecule has 2 aliphatic heterocycles. The molecule has 1 aromatic heterocycles. The van der Waals surface area contributed by atoms with Crippen LogP contribution in [0.3, 0.4) is 0 Å². The standard InChI is InChI=1S/C18H26N6O4/c1-17(2)5-6-24(15(27)11(19)7-10-8-21-9-22-10)18(17,16(20)28)14(26)12-3-4-13(25)23-12/h8-9,11-12H,3-7,19H2,1-2H3,(H2,20,28)(H,21,22)(H,23,25)/t11-,12-,18?/m0/s1. The second-order valence-corrected chi connectivity index (χ2v) is 8.11. The van der Waals surface area contributed by atoms with Gasteiger partial charge in [-0.2, -0.15) is 0 Å². The summed E-state index contributed by atoms with van der Waals surface area (Å²) < 4.78 is 0. The van der Waals surface area contributed by atoms with Crippen molar-refractivity contribution in [1.29, 1.82) is 0 Å². The third-order valence-electron chi connectivity index (χ3n) is 5.95. The van der Waals surface area contributed by atoms with Crippen LogP contribution in [0, 0.1) is 5.41 Å². The van der Waals surface area contributed by atoms with Crippen LogP contribution in [0.25, 0.3) is 0 Å². The SMILES string of the molecule is CC1(C)CCN(C(=O)[C@@H](N)Cc2cnc[nH]2)C1(C(N)=O)C(=O)[C@@H]1CCC(=O)N1. The van der Waals surface area contributed by atoms with Crippen molar-refractivity contribution in [2.75, 3.05) is 6.54 Å². The van der Waals surface area contributed by atoms with E-state index in [-0.39, 0.29) is 31.7 Å². The van der Waals surface area contributed by atoms with Crippen molar-refractivity contribution in [2.24, 2.45) is 16.9 Å². The Bertz CT molecular complexity index is 805. The lowest BCUT2D eigenvalue weighted by Crippen LogP contribution is -2.71. The Morgan fingerprint density at radius 3 is 2.64 bits per heavy atom. The maximum absolute atomic E-state index is 13.5. The monoisotopic (exact) mass is 390 g/mol. The van der Waals surface area contributed by atoms with Crippen molar-refractivity contribution in [3.63, 3.8) is 0 Å². The molecule has 10 heteroatoms. The number of carbonyl (C=O) groups is 4. The third-order valence-corrected chi connectivity index (χ3v) is 5.95. The molecule has 3 rings (SSSR count). The number of aromatic nitrogens is 2. The number of amides is 3. The van der Waals surface area contributed by atoms with Gasteiger partial charge in [0.05, 0.1) is 18.4 Å². The van der Waals surface area contributed by atoms with Crippen molar-refractivity contribution in [3.8, 4) is 0 Å². The highest BCUT2D eigenvalue weighted by molar-refractivity contribution is 6.17. The average Bonchev–Trinajstić information content (AvgIpc) is 3.33. The van der Waals surface area contributed by atoms with E-state index in [1.807, 2.05) is 0 Å². The zero-order valence-corrected chi connectivity index (χ0v) is 16.0. The molecule has 3 atom stereocenters. The summed E-state index contributed by atoms with van der Waals surface area (Å²) in [6.07, 6.45) is 4.08. The van der Waals surface area contributed by atoms with Crippen molar-refractivity contribution in [1.82, 2.24) is 20.2 Å². The molecule has 0 aromatic carbocycles. The maximum Gasteiger partial charge on any atom is 0.251 e. The first-order valence-electron chi connectivity index (χ1n) is 9.29. The van der Waals surface area contributed by atoms with Gasteiger partial charge in [-0.1, -0.05) is 13.8 Å². The van der Waals surface area contributed by atoms with Gasteiger partial charge in [-0.15, -0.1) is 0 Å². The Morgan fingerprint density at radius 1 is 1.39 bits per heavy atom. The summed E-state index contributed by atoms with van der Waals surface area (Å²) in [7, 11) is 0. The molecule has 3 heterocycles. The molecule has 0 radical (unpaired) electrons. The number of nitrogens with zero attached hydrogens (tertiary/aromatic N) is 2. The van der Waals surface area contributed by atoms with Crippen LogP contribution >= 0.6 is 0 Å². The predicted octanol–water partition coefficient (Wildman–Crippen LogP) is -1.39. The fourth-order valence-electron chi connectivity index (χ4n) is 4.42. The van der Waals surface area contributed by atoms with Gasteiger partial charge < -0.3 is 26.7 Å². The molecule has 1 unspecified atom stereocenters. The molecule has 2 fully saturated rings. The lowest BCUT2D eigenvalue weighted by atomic mass is 9.67. The molecule has 10 nitrogen and oxygen atoms in total. The fraction of sp³-hybridized carbons (Fsp3) is 0.611. The van der Waals surface area contributed by atoms with E-state index < -0.39 is 40.6 Å². The molecule has 2 aliphatic rings. The third kappa shape index (κ3) is 2.97. The summed E-state index contributed by atoms with van der Waals surface area (Å²) in [6.45, 7) is 3.65. The number of nitrogens with two attached hydrogens (primary N) is 2. The second kappa shape index (κ2) is 7.01. The molecule has 0 spiro atoms. The van der Waals surface area contributed by atoms with E-state index in [1.165, 1.54) is 11.2 Å². The quantitative estimate of drug-likeness (QED) is 0.437. The van der Waals surface area contributed by atoms with Crippen LogP contribution in [0.4, 0.5) is 0 Å². The number of H-pyrrole nitrogens is 1. The number of primary amides is 1. The summed E-state index contributed by atoms with van der Waals surface area (Å²) >= 11 is 0. The van der Waals surface area contributed by atoms with E-state index in [1.54, 1.807) is 20.0 Å². The minimum absolute atomic E-state index is 0.178. The molecule has 0 aliphatic carbocycles. The Kier molecular flexibility index (Phi) is 5.00. The van der Waals surface area contributed by atoms with Gasteiger partial charge in [-0.05, 0) is 12.8 Å². The lowest BCUT2D eigenvalue weighted by molar-refractivity contribution is -0.158. The van der Waals surface area contributed by atoms with Gasteiger partial charge in [0.2, 0.25) is 11.8 Å². The molecule has 2 saturated heterocycles. The topological polar surface area (TPSA) is 164 Å². The lowest BCUT2D eigenvalue weighted by Gasteiger charge is -2.44. The molecule has 28 heavy (non-hydrogen) atoms. The molecule has 152 valence electrons. The Morgan fingerprint density at radius 2 is 2.11 bits per heavy atom. The number of hydrogen-bond acceptors (Lipinski definition) is 6. The first-order chi connectivity index (χ1) is 13.1. The van der Waals surface area contributed by atoms with Gasteiger partial charge in [0.25, 0.3) is 5.91 Å². The zero-order valence-electron chi connectivity index (χ0n) is 16.0. The van der Waals surface area contributed by atoms with E-state index in [2.05, 4.69) is 15.3 Å². The number of rotatable bonds is 6.